The van der Waals surface area contributed by atoms with Gasteiger partial charge in [0.15, 0.2) is 0 Å². The lowest BCUT2D eigenvalue weighted by Gasteiger charge is -2.34. The van der Waals surface area contributed by atoms with E-state index in [-0.39, 0.29) is 16.7 Å². The van der Waals surface area contributed by atoms with Crippen LogP contribution in [0.3, 0.4) is 0 Å². The summed E-state index contributed by atoms with van der Waals surface area (Å²) < 4.78 is 1.60. The lowest BCUT2D eigenvalue weighted by molar-refractivity contribution is -0.384. The molecule has 0 spiro atoms. The van der Waals surface area contributed by atoms with Crippen LogP contribution in [0.1, 0.15) is 31.4 Å². The second-order valence-electron chi connectivity index (χ2n) is 5.32. The Balaban J connectivity index is 2.28. The molecule has 7 nitrogen and oxygen atoms in total. The fraction of sp³-hybridized carbons (Fsp3) is 0.750. The molecule has 0 amide bonds. The third kappa shape index (κ3) is 2.56. The molecule has 19 heavy (non-hydrogen) atoms. The minimum atomic E-state index is -0.345. The number of hydrogen-bond donors (Lipinski definition) is 1. The van der Waals surface area contributed by atoms with Crippen molar-refractivity contribution in [1.29, 1.82) is 0 Å². The topological polar surface area (TPSA) is 90.2 Å². The van der Waals surface area contributed by atoms with Gasteiger partial charge in [-0.25, -0.2) is 4.68 Å². The summed E-state index contributed by atoms with van der Waals surface area (Å²) in [7, 11) is 3.66. The van der Waals surface area contributed by atoms with Crippen LogP contribution in [0.5, 0.6) is 0 Å². The molecule has 0 aliphatic heterocycles. The standard InChI is InChI=1S/C12H21N5O2/c1-8-11(17(18)19)12(16(3)14-8)15(2)10-6-4-9(13)5-7-10/h9-10H,4-7,13H2,1-3H3. The largest absolute Gasteiger partial charge is 0.351 e. The van der Waals surface area contributed by atoms with Crippen molar-refractivity contribution in [3.05, 3.63) is 15.8 Å². The van der Waals surface area contributed by atoms with Crippen LogP contribution < -0.4 is 10.6 Å². The van der Waals surface area contributed by atoms with Crippen LogP contribution in [0.4, 0.5) is 11.5 Å². The second-order valence-corrected chi connectivity index (χ2v) is 5.32. The summed E-state index contributed by atoms with van der Waals surface area (Å²) in [5, 5.41) is 15.4. The van der Waals surface area contributed by atoms with Gasteiger partial charge in [-0.2, -0.15) is 5.10 Å². The Morgan fingerprint density at radius 2 is 2.00 bits per heavy atom. The van der Waals surface area contributed by atoms with Crippen molar-refractivity contribution in [2.75, 3.05) is 11.9 Å². The highest BCUT2D eigenvalue weighted by Crippen LogP contribution is 2.34. The monoisotopic (exact) mass is 267 g/mol. The number of hydrogen-bond acceptors (Lipinski definition) is 5. The average Bonchev–Trinajstić information content (AvgIpc) is 2.64. The Bertz CT molecular complexity index is 477. The summed E-state index contributed by atoms with van der Waals surface area (Å²) in [6.45, 7) is 1.67. The number of nitrogens with zero attached hydrogens (tertiary/aromatic N) is 4. The van der Waals surface area contributed by atoms with Crippen molar-refractivity contribution in [3.63, 3.8) is 0 Å². The van der Waals surface area contributed by atoms with Gasteiger partial charge in [0.1, 0.15) is 5.69 Å². The normalized spacial score (nSPS) is 23.4. The summed E-state index contributed by atoms with van der Waals surface area (Å²) in [4.78, 5) is 12.8. The van der Waals surface area contributed by atoms with Gasteiger partial charge in [-0.15, -0.1) is 0 Å². The third-order valence-corrected chi connectivity index (χ3v) is 3.97. The maximum atomic E-state index is 11.2. The van der Waals surface area contributed by atoms with Gasteiger partial charge in [0.05, 0.1) is 4.92 Å². The van der Waals surface area contributed by atoms with Gasteiger partial charge in [-0.05, 0) is 32.6 Å². The van der Waals surface area contributed by atoms with Crippen LogP contribution in [-0.4, -0.2) is 33.8 Å². The maximum absolute atomic E-state index is 11.2. The lowest BCUT2D eigenvalue weighted by Crippen LogP contribution is -2.39. The van der Waals surface area contributed by atoms with E-state index in [2.05, 4.69) is 5.10 Å². The molecule has 0 atom stereocenters. The van der Waals surface area contributed by atoms with Gasteiger partial charge in [0, 0.05) is 26.2 Å². The van der Waals surface area contributed by atoms with Gasteiger partial charge in [-0.1, -0.05) is 0 Å². The molecule has 2 rings (SSSR count). The third-order valence-electron chi connectivity index (χ3n) is 3.97. The Morgan fingerprint density at radius 3 is 2.53 bits per heavy atom. The van der Waals surface area contributed by atoms with E-state index in [0.717, 1.165) is 25.7 Å². The fourth-order valence-electron chi connectivity index (χ4n) is 2.91. The molecule has 0 unspecified atom stereocenters. The average molecular weight is 267 g/mol. The first-order chi connectivity index (χ1) is 8.91. The zero-order valence-electron chi connectivity index (χ0n) is 11.7. The van der Waals surface area contributed by atoms with Crippen molar-refractivity contribution in [2.45, 2.75) is 44.7 Å². The first kappa shape index (κ1) is 13.8. The molecule has 0 radical (unpaired) electrons. The molecule has 106 valence electrons. The molecule has 1 aromatic heterocycles. The van der Waals surface area contributed by atoms with Gasteiger partial charge >= 0.3 is 5.69 Å². The Kier molecular flexibility index (Phi) is 3.75. The molecular formula is C12H21N5O2. The quantitative estimate of drug-likeness (QED) is 0.659. The van der Waals surface area contributed by atoms with E-state index in [4.69, 9.17) is 5.73 Å². The van der Waals surface area contributed by atoms with E-state index in [1.807, 2.05) is 11.9 Å². The van der Waals surface area contributed by atoms with Crippen molar-refractivity contribution < 1.29 is 4.92 Å². The predicted molar refractivity (Wildman–Crippen MR) is 73.2 cm³/mol. The van der Waals surface area contributed by atoms with Crippen LogP contribution in [-0.2, 0) is 7.05 Å². The molecule has 2 N–H and O–H groups in total. The van der Waals surface area contributed by atoms with Crippen LogP contribution in [0, 0.1) is 17.0 Å². The number of aromatic nitrogens is 2. The second kappa shape index (κ2) is 5.16. The minimum absolute atomic E-state index is 0.111. The molecule has 1 aromatic rings. The molecule has 1 aliphatic rings. The Hall–Kier alpha value is -1.63. The van der Waals surface area contributed by atoms with E-state index < -0.39 is 0 Å². The van der Waals surface area contributed by atoms with Crippen LogP contribution in [0.2, 0.25) is 0 Å². The van der Waals surface area contributed by atoms with Crippen molar-refractivity contribution in [1.82, 2.24) is 9.78 Å². The zero-order chi connectivity index (χ0) is 14.2. The van der Waals surface area contributed by atoms with Crippen molar-refractivity contribution in [3.8, 4) is 0 Å². The van der Waals surface area contributed by atoms with E-state index in [0.29, 0.717) is 17.6 Å². The molecule has 1 aliphatic carbocycles. The van der Waals surface area contributed by atoms with Crippen LogP contribution >= 0.6 is 0 Å². The fourth-order valence-corrected chi connectivity index (χ4v) is 2.91. The van der Waals surface area contributed by atoms with Gasteiger partial charge in [-0.3, -0.25) is 10.1 Å². The number of nitrogens with two attached hydrogens (primary N) is 1. The summed E-state index contributed by atoms with van der Waals surface area (Å²) >= 11 is 0. The highest BCUT2D eigenvalue weighted by atomic mass is 16.6. The van der Waals surface area contributed by atoms with Gasteiger partial charge < -0.3 is 10.6 Å². The van der Waals surface area contributed by atoms with Crippen molar-refractivity contribution in [2.24, 2.45) is 12.8 Å². The summed E-state index contributed by atoms with van der Waals surface area (Å²) in [5.41, 5.74) is 6.47. The van der Waals surface area contributed by atoms with Crippen LogP contribution in [0.25, 0.3) is 0 Å². The molecule has 1 saturated carbocycles. The molecule has 1 heterocycles. The molecular weight excluding hydrogens is 246 g/mol. The molecule has 0 saturated heterocycles. The van der Waals surface area contributed by atoms with E-state index in [1.165, 1.54) is 0 Å². The highest BCUT2D eigenvalue weighted by molar-refractivity contribution is 5.61. The smallest absolute Gasteiger partial charge is 0.333 e. The highest BCUT2D eigenvalue weighted by Gasteiger charge is 2.31. The Labute approximate surface area is 112 Å². The first-order valence-electron chi connectivity index (χ1n) is 6.58. The summed E-state index contributed by atoms with van der Waals surface area (Å²) in [5.74, 6) is 0.586. The number of anilines is 1. The lowest BCUT2D eigenvalue weighted by atomic mass is 9.91. The molecule has 0 aromatic carbocycles. The zero-order valence-corrected chi connectivity index (χ0v) is 11.7. The van der Waals surface area contributed by atoms with E-state index in [1.54, 1.807) is 18.7 Å². The number of aryl methyl sites for hydroxylation is 2. The molecule has 7 heteroatoms. The minimum Gasteiger partial charge on any atom is -0.351 e. The number of rotatable bonds is 3. The first-order valence-corrected chi connectivity index (χ1v) is 6.58. The maximum Gasteiger partial charge on any atom is 0.333 e. The summed E-state index contributed by atoms with van der Waals surface area (Å²) in [6, 6.07) is 0.571. The predicted octanol–water partition coefficient (Wildman–Crippen LogP) is 1.34. The van der Waals surface area contributed by atoms with Gasteiger partial charge in [0.25, 0.3) is 0 Å². The van der Waals surface area contributed by atoms with Crippen molar-refractivity contribution >= 4 is 11.5 Å². The summed E-state index contributed by atoms with van der Waals surface area (Å²) in [6.07, 6.45) is 3.89. The van der Waals surface area contributed by atoms with Gasteiger partial charge in [0.2, 0.25) is 5.82 Å². The molecule has 1 fully saturated rings. The Morgan fingerprint density at radius 1 is 1.42 bits per heavy atom. The van der Waals surface area contributed by atoms with E-state index >= 15 is 0 Å². The van der Waals surface area contributed by atoms with E-state index in [9.17, 15) is 10.1 Å². The molecule has 0 bridgehead atoms. The SMILES string of the molecule is Cc1nn(C)c(N(C)C2CCC(N)CC2)c1[N+](=O)[O-]. The number of nitro groups is 1. The van der Waals surface area contributed by atoms with Crippen LogP contribution in [0.15, 0.2) is 0 Å².